The Bertz CT molecular complexity index is 1100. The van der Waals surface area contributed by atoms with Crippen LogP contribution in [0.5, 0.6) is 0 Å². The number of allylic oxidation sites excluding steroid dienone is 5. The Morgan fingerprint density at radius 3 is 1.90 bits per heavy atom. The maximum atomic E-state index is 12.1. The first kappa shape index (κ1) is 20.9. The quantitative estimate of drug-likeness (QED) is 0.615. The topological polar surface area (TPSA) is 57.9 Å². The molecule has 5 heteroatoms. The van der Waals surface area contributed by atoms with Crippen molar-refractivity contribution < 1.29 is 9.90 Å². The van der Waals surface area contributed by atoms with Crippen molar-refractivity contribution in [3.8, 4) is 0 Å². The lowest BCUT2D eigenvalue weighted by Crippen LogP contribution is -2.12. The number of benzene rings is 2. The van der Waals surface area contributed by atoms with Crippen LogP contribution in [-0.2, 0) is 0 Å². The molecule has 2 aromatic carbocycles. The highest BCUT2D eigenvalue weighted by Crippen LogP contribution is 2.34. The Morgan fingerprint density at radius 1 is 0.833 bits per heavy atom. The van der Waals surface area contributed by atoms with Gasteiger partial charge in [-0.25, -0.2) is 4.79 Å². The second kappa shape index (κ2) is 8.68. The van der Waals surface area contributed by atoms with Crippen molar-refractivity contribution in [3.05, 3.63) is 89.0 Å². The molecule has 0 fully saturated rings. The minimum atomic E-state index is -0.958. The molecule has 0 radical (unpaired) electrons. The van der Waals surface area contributed by atoms with Crippen molar-refractivity contribution in [2.45, 2.75) is 0 Å². The molecule has 0 aliphatic heterocycles. The molecule has 3 rings (SSSR count). The Labute approximate surface area is 177 Å². The molecule has 2 aromatic rings. The zero-order valence-electron chi connectivity index (χ0n) is 17.8. The molecule has 0 amide bonds. The number of rotatable bonds is 5. The van der Waals surface area contributed by atoms with Crippen LogP contribution in [0, 0.1) is 0 Å². The summed E-state index contributed by atoms with van der Waals surface area (Å²) in [4.78, 5) is 16.1. The molecule has 0 saturated heterocycles. The number of carboxylic acid groups (broad SMARTS) is 1. The second-order valence-corrected chi connectivity index (χ2v) is 7.45. The Balaban J connectivity index is 2.27. The zero-order chi connectivity index (χ0) is 21.8. The third kappa shape index (κ3) is 4.27. The average Bonchev–Trinajstić information content (AvgIpc) is 2.74. The van der Waals surface area contributed by atoms with Crippen LogP contribution in [-0.4, -0.2) is 51.7 Å². The van der Waals surface area contributed by atoms with Crippen LogP contribution in [0.15, 0.2) is 72.3 Å². The van der Waals surface area contributed by atoms with Gasteiger partial charge in [0.1, 0.15) is 0 Å². The summed E-state index contributed by atoms with van der Waals surface area (Å²) in [5, 5.41) is 9.95. The predicted molar refractivity (Wildman–Crippen MR) is 127 cm³/mol. The van der Waals surface area contributed by atoms with E-state index in [1.807, 2.05) is 98.7 Å². The summed E-state index contributed by atoms with van der Waals surface area (Å²) in [6.07, 6.45) is 7.66. The maximum absolute atomic E-state index is 12.1. The minimum Gasteiger partial charge on any atom is -0.478 e. The van der Waals surface area contributed by atoms with Crippen LogP contribution in [0.25, 0.3) is 5.57 Å². The highest BCUT2D eigenvalue weighted by Gasteiger charge is 2.20. The molecule has 1 aliphatic carbocycles. The van der Waals surface area contributed by atoms with E-state index >= 15 is 0 Å². The molecule has 0 spiro atoms. The highest BCUT2D eigenvalue weighted by molar-refractivity contribution is 6.07. The van der Waals surface area contributed by atoms with Gasteiger partial charge in [-0.1, -0.05) is 18.2 Å². The van der Waals surface area contributed by atoms with Crippen molar-refractivity contribution in [2.75, 3.05) is 38.0 Å². The standard InChI is InChI=1S/C25H25N3O2/c1-26-19-10-6-17(7-11-19)24(18-8-12-20(13-9-18)27(2)3)22-15-14-21(28(4)5)16-23(22)25(29)30/h6-16H,1H2,2-5H3/p+1. The van der Waals surface area contributed by atoms with Crippen LogP contribution in [0.1, 0.15) is 21.5 Å². The molecule has 5 nitrogen and oxygen atoms in total. The zero-order valence-corrected chi connectivity index (χ0v) is 17.8. The van der Waals surface area contributed by atoms with Gasteiger partial charge in [0.2, 0.25) is 0 Å². The van der Waals surface area contributed by atoms with Crippen molar-refractivity contribution in [3.63, 3.8) is 0 Å². The van der Waals surface area contributed by atoms with E-state index in [-0.39, 0.29) is 5.56 Å². The van der Waals surface area contributed by atoms with Gasteiger partial charge in [0.25, 0.3) is 6.72 Å². The van der Waals surface area contributed by atoms with Gasteiger partial charge in [-0.15, -0.1) is 4.67 Å². The van der Waals surface area contributed by atoms with Gasteiger partial charge in [0.15, 0.2) is 0 Å². The summed E-state index contributed by atoms with van der Waals surface area (Å²) in [5.74, 6) is -0.958. The van der Waals surface area contributed by atoms with Gasteiger partial charge < -0.3 is 14.9 Å². The number of nitrogens with zero attached hydrogens (tertiary/aromatic N) is 3. The average molecular weight is 401 g/mol. The van der Waals surface area contributed by atoms with E-state index in [0.717, 1.165) is 33.8 Å². The summed E-state index contributed by atoms with van der Waals surface area (Å²) in [6, 6.07) is 13.6. The van der Waals surface area contributed by atoms with Crippen molar-refractivity contribution >= 4 is 35.3 Å². The lowest BCUT2D eigenvalue weighted by atomic mass is 9.88. The van der Waals surface area contributed by atoms with Gasteiger partial charge in [-0.05, 0) is 58.7 Å². The van der Waals surface area contributed by atoms with E-state index in [1.165, 1.54) is 0 Å². The van der Waals surface area contributed by atoms with Crippen LogP contribution >= 0.6 is 0 Å². The number of anilines is 2. The lowest BCUT2D eigenvalue weighted by Gasteiger charge is -2.19. The summed E-state index contributed by atoms with van der Waals surface area (Å²) < 4.78 is 3.96. The number of aromatic carboxylic acids is 1. The molecular weight excluding hydrogens is 374 g/mol. The van der Waals surface area contributed by atoms with E-state index < -0.39 is 5.97 Å². The van der Waals surface area contributed by atoms with Gasteiger partial charge >= 0.3 is 11.7 Å². The molecule has 0 bridgehead atoms. The summed E-state index contributed by atoms with van der Waals surface area (Å²) in [6.45, 7) is 3.57. The molecule has 0 unspecified atom stereocenters. The number of carbonyl (C=O) groups is 1. The van der Waals surface area contributed by atoms with Crippen LogP contribution < -0.4 is 14.5 Å². The van der Waals surface area contributed by atoms with E-state index in [4.69, 9.17) is 0 Å². The lowest BCUT2D eigenvalue weighted by molar-refractivity contribution is 0.0696. The van der Waals surface area contributed by atoms with E-state index in [2.05, 4.69) is 11.4 Å². The fraction of sp³-hybridized carbons (Fsp3) is 0.160. The molecular formula is C25H26N3O2+. The smallest absolute Gasteiger partial charge is 0.336 e. The van der Waals surface area contributed by atoms with E-state index in [1.54, 1.807) is 6.07 Å². The van der Waals surface area contributed by atoms with Crippen molar-refractivity contribution in [1.29, 1.82) is 0 Å². The van der Waals surface area contributed by atoms with Gasteiger partial charge in [0, 0.05) is 51.7 Å². The third-order valence-electron chi connectivity index (χ3n) is 5.03. The molecule has 0 atom stereocenters. The number of carboxylic acids is 1. The van der Waals surface area contributed by atoms with E-state index in [9.17, 15) is 9.90 Å². The highest BCUT2D eigenvalue weighted by atomic mass is 16.4. The molecule has 1 N–H and O–H groups in total. The Morgan fingerprint density at radius 2 is 1.40 bits per heavy atom. The maximum Gasteiger partial charge on any atom is 0.336 e. The van der Waals surface area contributed by atoms with E-state index in [0.29, 0.717) is 5.56 Å². The van der Waals surface area contributed by atoms with Crippen molar-refractivity contribution in [2.24, 2.45) is 0 Å². The Kier molecular flexibility index (Phi) is 6.05. The molecule has 0 saturated carbocycles. The molecule has 30 heavy (non-hydrogen) atoms. The van der Waals surface area contributed by atoms with Gasteiger partial charge in [-0.2, -0.15) is 0 Å². The first-order valence-electron chi connectivity index (χ1n) is 9.58. The molecule has 1 aliphatic rings. The summed E-state index contributed by atoms with van der Waals surface area (Å²) in [5.41, 5.74) is 6.33. The van der Waals surface area contributed by atoms with Crippen LogP contribution in [0.4, 0.5) is 11.4 Å². The largest absolute Gasteiger partial charge is 0.478 e. The molecule has 0 aromatic heterocycles. The molecule has 152 valence electrons. The van der Waals surface area contributed by atoms with Gasteiger partial charge in [0.05, 0.1) is 5.56 Å². The first-order chi connectivity index (χ1) is 14.3. The monoisotopic (exact) mass is 400 g/mol. The third-order valence-corrected chi connectivity index (χ3v) is 5.03. The second-order valence-electron chi connectivity index (χ2n) is 7.45. The normalized spacial score (nSPS) is 12.5. The SMILES string of the molecule is C=[N+]=C1C=CC(=C(c2ccc(N(C)C)cc2)c2ccc(N(C)C)cc2C(=O)O)C=C1. The predicted octanol–water partition coefficient (Wildman–Crippen LogP) is 3.65. The number of hydrogen-bond acceptors (Lipinski definition) is 3. The Hall–Kier alpha value is -3.82. The summed E-state index contributed by atoms with van der Waals surface area (Å²) in [7, 11) is 7.77. The minimum absolute atomic E-state index is 0.263. The fourth-order valence-corrected chi connectivity index (χ4v) is 3.34. The van der Waals surface area contributed by atoms with Gasteiger partial charge in [-0.3, -0.25) is 0 Å². The first-order valence-corrected chi connectivity index (χ1v) is 9.58. The van der Waals surface area contributed by atoms with Crippen LogP contribution in [0.2, 0.25) is 0 Å². The number of hydrogen-bond donors (Lipinski definition) is 1. The van der Waals surface area contributed by atoms with Crippen LogP contribution in [0.3, 0.4) is 0 Å². The van der Waals surface area contributed by atoms with Crippen molar-refractivity contribution in [1.82, 2.24) is 4.67 Å². The summed E-state index contributed by atoms with van der Waals surface area (Å²) >= 11 is 0. The molecule has 0 heterocycles. The fourth-order valence-electron chi connectivity index (χ4n) is 3.34.